The molecule has 0 saturated heterocycles. The van der Waals surface area contributed by atoms with Gasteiger partial charge >= 0.3 is 6.09 Å². The largest absolute Gasteiger partial charge is 0.449 e. The molecule has 0 fully saturated rings. The molecule has 0 aliphatic heterocycles. The van der Waals surface area contributed by atoms with Crippen molar-refractivity contribution in [3.8, 4) is 23.0 Å². The van der Waals surface area contributed by atoms with Crippen molar-refractivity contribution in [2.45, 2.75) is 18.9 Å². The van der Waals surface area contributed by atoms with E-state index >= 15 is 0 Å². The number of alkyl carbamates (subject to hydrolysis) is 1. The average Bonchev–Trinajstić information content (AvgIpc) is 3.11. The second-order valence-electron chi connectivity index (χ2n) is 7.27. The highest BCUT2D eigenvalue weighted by molar-refractivity contribution is 5.79. The molecule has 3 aromatic carbocycles. The van der Waals surface area contributed by atoms with E-state index in [0.717, 1.165) is 0 Å². The van der Waals surface area contributed by atoms with Gasteiger partial charge in [-0.25, -0.2) is 9.18 Å². The summed E-state index contributed by atoms with van der Waals surface area (Å²) in [7, 11) is 0. The lowest BCUT2D eigenvalue weighted by molar-refractivity contribution is 0.143. The van der Waals surface area contributed by atoms with Gasteiger partial charge in [0.15, 0.2) is 0 Å². The number of aliphatic hydroxyl groups excluding tert-OH is 1. The number of fused-ring (bicyclic) bond motifs is 3. The molecular formula is C26H22FNO3. The predicted molar refractivity (Wildman–Crippen MR) is 117 cm³/mol. The van der Waals surface area contributed by atoms with Gasteiger partial charge in [0.25, 0.3) is 0 Å². The Hall–Kier alpha value is -3.62. The SMILES string of the molecule is O=C(NCCC#Cc1ccc(CO)c(F)c1)OCC1c2ccccc2-c2ccccc21. The van der Waals surface area contributed by atoms with Gasteiger partial charge in [0.2, 0.25) is 0 Å². The first-order valence-corrected chi connectivity index (χ1v) is 10.1. The number of amides is 1. The van der Waals surface area contributed by atoms with Crippen molar-refractivity contribution in [1.82, 2.24) is 5.32 Å². The predicted octanol–water partition coefficient (Wildman–Crippen LogP) is 4.60. The van der Waals surface area contributed by atoms with Gasteiger partial charge in [-0.05, 0) is 34.4 Å². The maximum absolute atomic E-state index is 13.6. The van der Waals surface area contributed by atoms with Crippen LogP contribution in [0.15, 0.2) is 66.7 Å². The van der Waals surface area contributed by atoms with Crippen LogP contribution in [0, 0.1) is 17.7 Å². The molecule has 2 N–H and O–H groups in total. The molecule has 3 aromatic rings. The molecule has 4 nitrogen and oxygen atoms in total. The molecule has 0 aromatic heterocycles. The van der Waals surface area contributed by atoms with Crippen LogP contribution >= 0.6 is 0 Å². The van der Waals surface area contributed by atoms with E-state index in [-0.39, 0.29) is 24.7 Å². The molecule has 156 valence electrons. The van der Waals surface area contributed by atoms with Gasteiger partial charge < -0.3 is 15.2 Å². The number of rotatable bonds is 5. The molecule has 0 atom stereocenters. The lowest BCUT2D eigenvalue weighted by Gasteiger charge is -2.14. The fourth-order valence-corrected chi connectivity index (χ4v) is 3.79. The third kappa shape index (κ3) is 4.60. The molecule has 0 spiro atoms. The third-order valence-corrected chi connectivity index (χ3v) is 5.32. The summed E-state index contributed by atoms with van der Waals surface area (Å²) in [6.45, 7) is 0.256. The number of halogens is 1. The summed E-state index contributed by atoms with van der Waals surface area (Å²) in [4.78, 5) is 12.1. The Morgan fingerprint density at radius 1 is 1.03 bits per heavy atom. The fourth-order valence-electron chi connectivity index (χ4n) is 3.79. The second kappa shape index (κ2) is 9.46. The van der Waals surface area contributed by atoms with Crippen molar-refractivity contribution in [2.75, 3.05) is 13.2 Å². The minimum absolute atomic E-state index is 0.0229. The van der Waals surface area contributed by atoms with Crippen LogP contribution < -0.4 is 5.32 Å². The first-order valence-electron chi connectivity index (χ1n) is 10.1. The monoisotopic (exact) mass is 415 g/mol. The number of carbonyl (C=O) groups excluding carboxylic acids is 1. The number of nitrogens with one attached hydrogen (secondary N) is 1. The van der Waals surface area contributed by atoms with E-state index in [2.05, 4.69) is 41.4 Å². The first kappa shape index (κ1) is 20.6. The van der Waals surface area contributed by atoms with Crippen molar-refractivity contribution in [3.63, 3.8) is 0 Å². The van der Waals surface area contributed by atoms with Crippen molar-refractivity contribution in [3.05, 3.63) is 94.8 Å². The van der Waals surface area contributed by atoms with Gasteiger partial charge in [-0.3, -0.25) is 0 Å². The van der Waals surface area contributed by atoms with Gasteiger partial charge in [0.1, 0.15) is 12.4 Å². The average molecular weight is 415 g/mol. The van der Waals surface area contributed by atoms with E-state index in [1.165, 1.54) is 34.4 Å². The summed E-state index contributed by atoms with van der Waals surface area (Å²) >= 11 is 0. The van der Waals surface area contributed by atoms with Crippen molar-refractivity contribution in [1.29, 1.82) is 0 Å². The Morgan fingerprint density at radius 2 is 1.71 bits per heavy atom. The molecule has 0 radical (unpaired) electrons. The van der Waals surface area contributed by atoms with Crippen LogP contribution in [0.1, 0.15) is 34.6 Å². The smallest absolute Gasteiger partial charge is 0.407 e. The quantitative estimate of drug-likeness (QED) is 0.473. The van der Waals surface area contributed by atoms with E-state index in [4.69, 9.17) is 9.84 Å². The van der Waals surface area contributed by atoms with E-state index in [0.29, 0.717) is 18.5 Å². The number of ether oxygens (including phenoxy) is 1. The number of benzene rings is 3. The van der Waals surface area contributed by atoms with Crippen LogP contribution in [0.3, 0.4) is 0 Å². The van der Waals surface area contributed by atoms with Gasteiger partial charge in [-0.2, -0.15) is 0 Å². The first-order chi connectivity index (χ1) is 15.2. The Morgan fingerprint density at radius 3 is 2.35 bits per heavy atom. The minimum atomic E-state index is -0.484. The zero-order valence-electron chi connectivity index (χ0n) is 16.9. The lowest BCUT2D eigenvalue weighted by Crippen LogP contribution is -2.26. The highest BCUT2D eigenvalue weighted by atomic mass is 19.1. The van der Waals surface area contributed by atoms with E-state index in [1.807, 2.05) is 24.3 Å². The van der Waals surface area contributed by atoms with Crippen LogP contribution in [0.2, 0.25) is 0 Å². The van der Waals surface area contributed by atoms with Gasteiger partial charge in [0.05, 0.1) is 6.61 Å². The topological polar surface area (TPSA) is 58.6 Å². The van der Waals surface area contributed by atoms with Crippen molar-refractivity contribution < 1.29 is 19.0 Å². The van der Waals surface area contributed by atoms with Crippen LogP contribution in [-0.2, 0) is 11.3 Å². The van der Waals surface area contributed by atoms with Gasteiger partial charge in [-0.15, -0.1) is 0 Å². The van der Waals surface area contributed by atoms with E-state index in [1.54, 1.807) is 6.07 Å². The minimum Gasteiger partial charge on any atom is -0.449 e. The van der Waals surface area contributed by atoms with Crippen molar-refractivity contribution in [2.24, 2.45) is 0 Å². The lowest BCUT2D eigenvalue weighted by atomic mass is 9.98. The highest BCUT2D eigenvalue weighted by Crippen LogP contribution is 2.44. The van der Waals surface area contributed by atoms with Crippen LogP contribution in [-0.4, -0.2) is 24.4 Å². The Kier molecular flexibility index (Phi) is 6.30. The molecule has 1 aliphatic rings. The molecule has 4 rings (SSSR count). The molecule has 31 heavy (non-hydrogen) atoms. The molecule has 5 heteroatoms. The summed E-state index contributed by atoms with van der Waals surface area (Å²) in [5, 5.41) is 11.7. The van der Waals surface area contributed by atoms with Crippen molar-refractivity contribution >= 4 is 6.09 Å². The highest BCUT2D eigenvalue weighted by Gasteiger charge is 2.28. The van der Waals surface area contributed by atoms with E-state index in [9.17, 15) is 9.18 Å². The molecule has 0 bridgehead atoms. The summed E-state index contributed by atoms with van der Waals surface area (Å²) in [6.07, 6.45) is -0.0740. The van der Waals surface area contributed by atoms with E-state index < -0.39 is 11.9 Å². The zero-order chi connectivity index (χ0) is 21.6. The Bertz CT molecular complexity index is 1120. The maximum atomic E-state index is 13.6. The molecular weight excluding hydrogens is 393 g/mol. The van der Waals surface area contributed by atoms with Gasteiger partial charge in [-0.1, -0.05) is 66.4 Å². The Balaban J connectivity index is 1.28. The molecule has 1 aliphatic carbocycles. The normalized spacial score (nSPS) is 11.8. The standard InChI is InChI=1S/C26H22FNO3/c27-25-15-18(12-13-19(25)16-29)7-5-6-14-28-26(30)31-17-24-22-10-3-1-8-20(22)21-9-2-4-11-23(21)24/h1-4,8-13,15,24,29H,6,14,16-17H2,(H,28,30). The number of aliphatic hydroxyl groups is 1. The van der Waals surface area contributed by atoms with Crippen LogP contribution in [0.25, 0.3) is 11.1 Å². The summed E-state index contributed by atoms with van der Waals surface area (Å²) < 4.78 is 19.1. The Labute approximate surface area is 180 Å². The summed E-state index contributed by atoms with van der Waals surface area (Å²) in [5.74, 6) is 5.28. The summed E-state index contributed by atoms with van der Waals surface area (Å²) in [6, 6.07) is 20.8. The molecule has 1 amide bonds. The molecule has 0 heterocycles. The summed E-state index contributed by atoms with van der Waals surface area (Å²) in [5.41, 5.74) is 5.47. The van der Waals surface area contributed by atoms with Crippen LogP contribution in [0.4, 0.5) is 9.18 Å². The number of carbonyl (C=O) groups is 1. The number of hydrogen-bond donors (Lipinski definition) is 2. The van der Waals surface area contributed by atoms with Crippen LogP contribution in [0.5, 0.6) is 0 Å². The third-order valence-electron chi connectivity index (χ3n) is 5.32. The second-order valence-corrected chi connectivity index (χ2v) is 7.27. The maximum Gasteiger partial charge on any atom is 0.407 e. The number of hydrogen-bond acceptors (Lipinski definition) is 3. The fraction of sp³-hybridized carbons (Fsp3) is 0.192. The zero-order valence-corrected chi connectivity index (χ0v) is 16.9. The molecule has 0 unspecified atom stereocenters. The molecule has 0 saturated carbocycles. The van der Waals surface area contributed by atoms with Gasteiger partial charge in [0, 0.05) is 30.0 Å².